The lowest BCUT2D eigenvalue weighted by molar-refractivity contribution is 0.289. The molecule has 0 bridgehead atoms. The fraction of sp³-hybridized carbons (Fsp3) is 0.800. The third kappa shape index (κ3) is 6.11. The van der Waals surface area contributed by atoms with Gasteiger partial charge < -0.3 is 5.11 Å². The smallest absolute Gasteiger partial charge is 0.0433 e. The lowest BCUT2D eigenvalue weighted by atomic mass is 10.1. The second-order valence-electron chi connectivity index (χ2n) is 2.83. The quantitative estimate of drug-likeness (QED) is 0.463. The van der Waals surface area contributed by atoms with Crippen LogP contribution in [0.25, 0.3) is 0 Å². The molecular formula is C10H20O. The first-order valence-electron chi connectivity index (χ1n) is 4.63. The molecule has 0 saturated heterocycles. The molecule has 0 aliphatic rings. The average molecular weight is 156 g/mol. The second-order valence-corrected chi connectivity index (χ2v) is 2.83. The van der Waals surface area contributed by atoms with E-state index >= 15 is 0 Å². The number of unbranched alkanes of at least 4 members (excludes halogenated alkanes) is 1. The Kier molecular flexibility index (Phi) is 7.59. The van der Waals surface area contributed by atoms with Crippen molar-refractivity contribution in [2.45, 2.75) is 46.0 Å². The average Bonchev–Trinajstić information content (AvgIpc) is 2.03. The molecule has 0 fully saturated rings. The fourth-order valence-electron chi connectivity index (χ4n) is 1.14. The molecule has 0 atom stereocenters. The Bertz CT molecular complexity index is 105. The van der Waals surface area contributed by atoms with Crippen molar-refractivity contribution in [1.29, 1.82) is 0 Å². The highest BCUT2D eigenvalue weighted by Crippen LogP contribution is 2.10. The molecule has 0 heterocycles. The zero-order valence-corrected chi connectivity index (χ0v) is 7.77. The lowest BCUT2D eigenvalue weighted by Gasteiger charge is -2.00. The normalized spacial score (nSPS) is 12.1. The minimum atomic E-state index is 0.319. The maximum atomic E-state index is 8.55. The van der Waals surface area contributed by atoms with Crippen molar-refractivity contribution in [3.8, 4) is 0 Å². The lowest BCUT2D eigenvalue weighted by Crippen LogP contribution is -1.83. The van der Waals surface area contributed by atoms with Crippen LogP contribution in [-0.4, -0.2) is 11.7 Å². The zero-order chi connectivity index (χ0) is 8.53. The van der Waals surface area contributed by atoms with Gasteiger partial charge in [-0.15, -0.1) is 0 Å². The van der Waals surface area contributed by atoms with Gasteiger partial charge in [-0.1, -0.05) is 31.9 Å². The molecule has 0 aliphatic carbocycles. The molecule has 11 heavy (non-hydrogen) atoms. The van der Waals surface area contributed by atoms with E-state index in [0.717, 1.165) is 12.8 Å². The van der Waals surface area contributed by atoms with Crippen LogP contribution in [0.2, 0.25) is 0 Å². The first-order chi connectivity index (χ1) is 5.35. The summed E-state index contributed by atoms with van der Waals surface area (Å²) in [6.45, 7) is 4.72. The van der Waals surface area contributed by atoms with Crippen LogP contribution in [0.4, 0.5) is 0 Å². The number of hydrogen-bond donors (Lipinski definition) is 1. The summed E-state index contributed by atoms with van der Waals surface area (Å²) >= 11 is 0. The van der Waals surface area contributed by atoms with E-state index in [1.807, 2.05) is 0 Å². The molecule has 0 unspecified atom stereocenters. The van der Waals surface area contributed by atoms with Gasteiger partial charge in [0.15, 0.2) is 0 Å². The molecule has 0 aliphatic heterocycles. The summed E-state index contributed by atoms with van der Waals surface area (Å²) in [4.78, 5) is 0. The predicted molar refractivity (Wildman–Crippen MR) is 49.6 cm³/mol. The number of aliphatic hydroxyl groups excluding tert-OH is 1. The maximum Gasteiger partial charge on any atom is 0.0433 e. The Balaban J connectivity index is 3.52. The standard InChI is InChI=1S/C10H20O/c1-3-7-10(4-2)8-5-6-9-11/h8,11H,3-7,9H2,1-2H3/b10-8-. The SMILES string of the molecule is CCC/C(=C\CCCO)CC. The van der Waals surface area contributed by atoms with Gasteiger partial charge in [0.05, 0.1) is 0 Å². The van der Waals surface area contributed by atoms with E-state index in [0.29, 0.717) is 6.61 Å². The van der Waals surface area contributed by atoms with Gasteiger partial charge in [0, 0.05) is 6.61 Å². The summed E-state index contributed by atoms with van der Waals surface area (Å²) in [6.07, 6.45) is 7.85. The molecule has 1 N–H and O–H groups in total. The van der Waals surface area contributed by atoms with E-state index in [9.17, 15) is 0 Å². The Morgan fingerprint density at radius 2 is 2.09 bits per heavy atom. The summed E-state index contributed by atoms with van der Waals surface area (Å²) in [5, 5.41) is 8.55. The van der Waals surface area contributed by atoms with Gasteiger partial charge in [0.25, 0.3) is 0 Å². The predicted octanol–water partition coefficient (Wildman–Crippen LogP) is 2.90. The highest BCUT2D eigenvalue weighted by Gasteiger charge is 1.90. The third-order valence-corrected chi connectivity index (χ3v) is 1.82. The Morgan fingerprint density at radius 3 is 2.55 bits per heavy atom. The van der Waals surface area contributed by atoms with Crippen LogP contribution in [0.15, 0.2) is 11.6 Å². The van der Waals surface area contributed by atoms with Gasteiger partial charge in [0.1, 0.15) is 0 Å². The summed E-state index contributed by atoms with van der Waals surface area (Å²) in [6, 6.07) is 0. The topological polar surface area (TPSA) is 20.2 Å². The van der Waals surface area contributed by atoms with E-state index in [1.165, 1.54) is 19.3 Å². The van der Waals surface area contributed by atoms with Crippen LogP contribution in [0, 0.1) is 0 Å². The summed E-state index contributed by atoms with van der Waals surface area (Å²) < 4.78 is 0. The van der Waals surface area contributed by atoms with Gasteiger partial charge in [0.2, 0.25) is 0 Å². The van der Waals surface area contributed by atoms with E-state index in [2.05, 4.69) is 19.9 Å². The third-order valence-electron chi connectivity index (χ3n) is 1.82. The van der Waals surface area contributed by atoms with E-state index in [-0.39, 0.29) is 0 Å². The molecule has 66 valence electrons. The van der Waals surface area contributed by atoms with Crippen molar-refractivity contribution in [2.75, 3.05) is 6.61 Å². The molecular weight excluding hydrogens is 136 g/mol. The molecule has 0 rings (SSSR count). The molecule has 0 aromatic heterocycles. The molecule has 0 aromatic rings. The van der Waals surface area contributed by atoms with Crippen molar-refractivity contribution < 1.29 is 5.11 Å². The van der Waals surface area contributed by atoms with Crippen molar-refractivity contribution >= 4 is 0 Å². The maximum absolute atomic E-state index is 8.55. The van der Waals surface area contributed by atoms with E-state index in [4.69, 9.17) is 5.11 Å². The van der Waals surface area contributed by atoms with Gasteiger partial charge in [-0.25, -0.2) is 0 Å². The molecule has 0 saturated carbocycles. The summed E-state index contributed by atoms with van der Waals surface area (Å²) in [5.41, 5.74) is 1.54. The van der Waals surface area contributed by atoms with Crippen molar-refractivity contribution in [3.63, 3.8) is 0 Å². The van der Waals surface area contributed by atoms with Crippen LogP contribution in [0.1, 0.15) is 46.0 Å². The van der Waals surface area contributed by atoms with Crippen LogP contribution in [0.3, 0.4) is 0 Å². The second kappa shape index (κ2) is 7.80. The first kappa shape index (κ1) is 10.7. The fourth-order valence-corrected chi connectivity index (χ4v) is 1.14. The summed E-state index contributed by atoms with van der Waals surface area (Å²) in [5.74, 6) is 0. The van der Waals surface area contributed by atoms with Crippen LogP contribution in [-0.2, 0) is 0 Å². The minimum absolute atomic E-state index is 0.319. The molecule has 0 spiro atoms. The first-order valence-corrected chi connectivity index (χ1v) is 4.63. The minimum Gasteiger partial charge on any atom is -0.396 e. The van der Waals surface area contributed by atoms with Gasteiger partial charge in [-0.2, -0.15) is 0 Å². The number of allylic oxidation sites excluding steroid dienone is 2. The van der Waals surface area contributed by atoms with Gasteiger partial charge >= 0.3 is 0 Å². The summed E-state index contributed by atoms with van der Waals surface area (Å²) in [7, 11) is 0. The Morgan fingerprint density at radius 1 is 1.36 bits per heavy atom. The van der Waals surface area contributed by atoms with Crippen LogP contribution >= 0.6 is 0 Å². The van der Waals surface area contributed by atoms with E-state index in [1.54, 1.807) is 5.57 Å². The monoisotopic (exact) mass is 156 g/mol. The Hall–Kier alpha value is -0.300. The number of rotatable bonds is 6. The van der Waals surface area contributed by atoms with E-state index < -0.39 is 0 Å². The van der Waals surface area contributed by atoms with Gasteiger partial charge in [-0.3, -0.25) is 0 Å². The number of aliphatic hydroxyl groups is 1. The largest absolute Gasteiger partial charge is 0.396 e. The van der Waals surface area contributed by atoms with Crippen molar-refractivity contribution in [1.82, 2.24) is 0 Å². The molecule has 0 amide bonds. The van der Waals surface area contributed by atoms with Crippen LogP contribution < -0.4 is 0 Å². The van der Waals surface area contributed by atoms with Crippen LogP contribution in [0.5, 0.6) is 0 Å². The molecule has 0 aromatic carbocycles. The highest BCUT2D eigenvalue weighted by atomic mass is 16.2. The van der Waals surface area contributed by atoms with Gasteiger partial charge in [-0.05, 0) is 25.7 Å². The Labute approximate surface area is 70.1 Å². The molecule has 0 radical (unpaired) electrons. The zero-order valence-electron chi connectivity index (χ0n) is 7.77. The van der Waals surface area contributed by atoms with Crippen molar-refractivity contribution in [3.05, 3.63) is 11.6 Å². The molecule has 1 nitrogen and oxygen atoms in total. The van der Waals surface area contributed by atoms with Crippen molar-refractivity contribution in [2.24, 2.45) is 0 Å². The molecule has 1 heteroatoms. The highest BCUT2D eigenvalue weighted by molar-refractivity contribution is 5.00. The number of hydrogen-bond acceptors (Lipinski definition) is 1.